The Morgan fingerprint density at radius 2 is 1.89 bits per heavy atom. The number of halogens is 1. The predicted octanol–water partition coefficient (Wildman–Crippen LogP) is 4.14. The summed E-state index contributed by atoms with van der Waals surface area (Å²) in [5, 5.41) is 2.84. The highest BCUT2D eigenvalue weighted by atomic mass is 35.5. The molecule has 0 unspecified atom stereocenters. The summed E-state index contributed by atoms with van der Waals surface area (Å²) in [6.07, 6.45) is 3.53. The van der Waals surface area contributed by atoms with Crippen molar-refractivity contribution in [3.63, 3.8) is 0 Å². The second-order valence-electron chi connectivity index (χ2n) is 9.21. The quantitative estimate of drug-likeness (QED) is 0.487. The number of amides is 1. The van der Waals surface area contributed by atoms with E-state index in [4.69, 9.17) is 11.6 Å². The van der Waals surface area contributed by atoms with Gasteiger partial charge in [0.2, 0.25) is 15.9 Å². The number of sulfonamides is 1. The molecule has 0 spiro atoms. The number of aryl methyl sites for hydroxylation is 1. The zero-order chi connectivity index (χ0) is 24.8. The van der Waals surface area contributed by atoms with Crippen LogP contribution < -0.4 is 14.9 Å². The number of anilines is 2. The largest absolute Gasteiger partial charge is 0.368 e. The van der Waals surface area contributed by atoms with Gasteiger partial charge < -0.3 is 15.1 Å². The summed E-state index contributed by atoms with van der Waals surface area (Å²) in [6, 6.07) is 13.0. The van der Waals surface area contributed by atoms with Gasteiger partial charge in [-0.05, 0) is 61.6 Å². The van der Waals surface area contributed by atoms with Crippen LogP contribution in [0.4, 0.5) is 11.4 Å². The smallest absolute Gasteiger partial charge is 0.243 e. The second kappa shape index (κ2) is 11.7. The third-order valence-corrected chi connectivity index (χ3v) is 8.67. The van der Waals surface area contributed by atoms with E-state index in [1.807, 2.05) is 24.3 Å². The molecular weight excluding hydrogens is 484 g/mol. The standard InChI is InChI=1S/C26H35ClN4O3S/c1-2-30-15-17-31(18-16-30)24-13-12-21(28-26(32)11-6-14-27)19-25(24)35(33,34)29-23-10-5-8-20-7-3-4-9-22(20)23/h3-4,7,9,12-13,19,23,29H,2,5-6,8,10-11,14-18H2,1H3,(H,28,32)/t23-/m0/s1. The van der Waals surface area contributed by atoms with E-state index in [9.17, 15) is 13.2 Å². The van der Waals surface area contributed by atoms with Crippen LogP contribution >= 0.6 is 11.6 Å². The minimum absolute atomic E-state index is 0.174. The molecule has 0 saturated carbocycles. The van der Waals surface area contributed by atoms with E-state index < -0.39 is 10.0 Å². The number of carbonyl (C=O) groups is 1. The van der Waals surface area contributed by atoms with E-state index in [1.54, 1.807) is 12.1 Å². The fraction of sp³-hybridized carbons (Fsp3) is 0.500. The Balaban J connectivity index is 1.64. The van der Waals surface area contributed by atoms with Gasteiger partial charge in [0.25, 0.3) is 0 Å². The van der Waals surface area contributed by atoms with Crippen LogP contribution in [-0.2, 0) is 21.2 Å². The normalized spacial score (nSPS) is 18.8. The maximum Gasteiger partial charge on any atom is 0.243 e. The Hall–Kier alpha value is -2.13. The molecule has 1 fully saturated rings. The molecule has 9 heteroatoms. The number of likely N-dealkylation sites (N-methyl/N-ethyl adjacent to an activating group) is 1. The van der Waals surface area contributed by atoms with Gasteiger partial charge >= 0.3 is 0 Å². The van der Waals surface area contributed by atoms with Crippen molar-refractivity contribution < 1.29 is 13.2 Å². The lowest BCUT2D eigenvalue weighted by molar-refractivity contribution is -0.116. The molecule has 1 atom stereocenters. The highest BCUT2D eigenvalue weighted by molar-refractivity contribution is 7.89. The SMILES string of the molecule is CCN1CCN(c2ccc(NC(=O)CCCCl)cc2S(=O)(=O)N[C@H]2CCCc3ccccc32)CC1. The van der Waals surface area contributed by atoms with Gasteiger partial charge in [0.05, 0.1) is 5.69 Å². The first-order valence-corrected chi connectivity index (χ1v) is 14.5. The van der Waals surface area contributed by atoms with Crippen LogP contribution in [0.5, 0.6) is 0 Å². The van der Waals surface area contributed by atoms with Crippen LogP contribution in [0.2, 0.25) is 0 Å². The van der Waals surface area contributed by atoms with Crippen LogP contribution in [0.15, 0.2) is 47.4 Å². The molecule has 2 aromatic rings. The molecule has 7 nitrogen and oxygen atoms in total. The lowest BCUT2D eigenvalue weighted by atomic mass is 9.88. The Morgan fingerprint density at radius 3 is 2.63 bits per heavy atom. The van der Waals surface area contributed by atoms with Crippen molar-refractivity contribution in [2.75, 3.05) is 48.8 Å². The van der Waals surface area contributed by atoms with E-state index in [2.05, 4.69) is 32.8 Å². The fourth-order valence-corrected chi connectivity index (χ4v) is 6.59. The highest BCUT2D eigenvalue weighted by Gasteiger charge is 2.30. The van der Waals surface area contributed by atoms with Gasteiger partial charge in [0.1, 0.15) is 4.90 Å². The van der Waals surface area contributed by atoms with E-state index >= 15 is 0 Å². The van der Waals surface area contributed by atoms with E-state index in [0.717, 1.165) is 57.5 Å². The predicted molar refractivity (Wildman–Crippen MR) is 142 cm³/mol. The van der Waals surface area contributed by atoms with E-state index in [-0.39, 0.29) is 16.8 Å². The zero-order valence-electron chi connectivity index (χ0n) is 20.3. The van der Waals surface area contributed by atoms with Crippen molar-refractivity contribution in [1.82, 2.24) is 9.62 Å². The van der Waals surface area contributed by atoms with Gasteiger partial charge in [0.15, 0.2) is 0 Å². The first-order valence-electron chi connectivity index (χ1n) is 12.5. The van der Waals surface area contributed by atoms with Crippen LogP contribution in [0.3, 0.4) is 0 Å². The molecule has 0 aromatic heterocycles. The number of rotatable bonds is 9. The molecule has 2 aromatic carbocycles. The summed E-state index contributed by atoms with van der Waals surface area (Å²) in [5.74, 6) is 0.232. The van der Waals surface area contributed by atoms with Crippen LogP contribution in [0.25, 0.3) is 0 Å². The van der Waals surface area contributed by atoms with Crippen molar-refractivity contribution in [2.24, 2.45) is 0 Å². The number of fused-ring (bicyclic) bond motifs is 1. The Morgan fingerprint density at radius 1 is 1.11 bits per heavy atom. The molecule has 2 aliphatic rings. The monoisotopic (exact) mass is 518 g/mol. The number of benzene rings is 2. The Kier molecular flexibility index (Phi) is 8.70. The number of piperazine rings is 1. The molecule has 35 heavy (non-hydrogen) atoms. The maximum absolute atomic E-state index is 13.8. The van der Waals surface area contributed by atoms with Crippen molar-refractivity contribution >= 4 is 38.9 Å². The maximum atomic E-state index is 13.8. The number of nitrogens with one attached hydrogen (secondary N) is 2. The minimum atomic E-state index is -3.85. The number of hydrogen-bond donors (Lipinski definition) is 2. The molecule has 1 aliphatic heterocycles. The van der Waals surface area contributed by atoms with Gasteiger partial charge in [-0.2, -0.15) is 0 Å². The van der Waals surface area contributed by atoms with Gasteiger partial charge in [-0.15, -0.1) is 11.6 Å². The van der Waals surface area contributed by atoms with Gasteiger partial charge in [0, 0.05) is 50.2 Å². The molecule has 0 bridgehead atoms. The summed E-state index contributed by atoms with van der Waals surface area (Å²) < 4.78 is 30.6. The lowest BCUT2D eigenvalue weighted by Crippen LogP contribution is -2.46. The summed E-state index contributed by atoms with van der Waals surface area (Å²) in [4.78, 5) is 17.0. The first kappa shape index (κ1) is 25.9. The van der Waals surface area contributed by atoms with Crippen molar-refractivity contribution in [3.05, 3.63) is 53.6 Å². The molecule has 1 heterocycles. The summed E-state index contributed by atoms with van der Waals surface area (Å²) in [6.45, 7) is 6.40. The van der Waals surface area contributed by atoms with Gasteiger partial charge in [-0.3, -0.25) is 4.79 Å². The molecule has 4 rings (SSSR count). The lowest BCUT2D eigenvalue weighted by Gasteiger charge is -2.36. The minimum Gasteiger partial charge on any atom is -0.368 e. The van der Waals surface area contributed by atoms with Crippen LogP contribution in [-0.4, -0.2) is 57.8 Å². The van der Waals surface area contributed by atoms with Crippen molar-refractivity contribution in [3.8, 4) is 0 Å². The number of alkyl halides is 1. The Labute approximate surface area is 213 Å². The number of carbonyl (C=O) groups excluding carboxylic acids is 1. The fourth-order valence-electron chi connectivity index (χ4n) is 4.95. The average molecular weight is 519 g/mol. The number of hydrogen-bond acceptors (Lipinski definition) is 5. The first-order chi connectivity index (χ1) is 16.9. The van der Waals surface area contributed by atoms with Crippen LogP contribution in [0, 0.1) is 0 Å². The average Bonchev–Trinajstić information content (AvgIpc) is 2.87. The molecular formula is C26H35ClN4O3S. The van der Waals surface area contributed by atoms with E-state index in [0.29, 0.717) is 30.1 Å². The van der Waals surface area contributed by atoms with Crippen molar-refractivity contribution in [1.29, 1.82) is 0 Å². The molecule has 0 radical (unpaired) electrons. The number of nitrogens with zero attached hydrogens (tertiary/aromatic N) is 2. The van der Waals surface area contributed by atoms with E-state index in [1.165, 1.54) is 5.56 Å². The summed E-state index contributed by atoms with van der Waals surface area (Å²) in [5.41, 5.74) is 3.40. The third-order valence-electron chi connectivity index (χ3n) is 6.90. The molecule has 190 valence electrons. The van der Waals surface area contributed by atoms with Crippen LogP contribution in [0.1, 0.15) is 49.8 Å². The Bertz CT molecular complexity index is 1130. The molecule has 1 saturated heterocycles. The van der Waals surface area contributed by atoms with Gasteiger partial charge in [-0.25, -0.2) is 13.1 Å². The molecule has 1 aliphatic carbocycles. The molecule has 2 N–H and O–H groups in total. The molecule has 1 amide bonds. The third kappa shape index (κ3) is 6.36. The highest BCUT2D eigenvalue weighted by Crippen LogP contribution is 2.34. The second-order valence-corrected chi connectivity index (χ2v) is 11.3. The summed E-state index contributed by atoms with van der Waals surface area (Å²) in [7, 11) is -3.85. The summed E-state index contributed by atoms with van der Waals surface area (Å²) >= 11 is 5.71. The zero-order valence-corrected chi connectivity index (χ0v) is 21.9. The van der Waals surface area contributed by atoms with Crippen molar-refractivity contribution in [2.45, 2.75) is 50.0 Å². The topological polar surface area (TPSA) is 81.8 Å². The van der Waals surface area contributed by atoms with Gasteiger partial charge in [-0.1, -0.05) is 31.2 Å².